The van der Waals surface area contributed by atoms with Gasteiger partial charge in [0.05, 0.1) is 0 Å². The maximum Gasteiger partial charge on any atom is 0.181 e. The van der Waals surface area contributed by atoms with E-state index < -0.39 is 37.6 Å². The van der Waals surface area contributed by atoms with Crippen LogP contribution in [0.5, 0.6) is 0 Å². The first kappa shape index (κ1) is 13.4. The van der Waals surface area contributed by atoms with Crippen LogP contribution in [0, 0.1) is 17.5 Å². The van der Waals surface area contributed by atoms with Gasteiger partial charge in [-0.3, -0.25) is 0 Å². The molecule has 0 heterocycles. The number of nitrogens with two attached hydrogens (primary N) is 1. The third-order valence-corrected chi connectivity index (χ3v) is 4.42. The minimum Gasteiger partial charge on any atom is -0.330 e. The van der Waals surface area contributed by atoms with Gasteiger partial charge in [0.15, 0.2) is 21.5 Å². The summed E-state index contributed by atoms with van der Waals surface area (Å²) in [5, 5.41) is 0. The minimum atomic E-state index is -4.16. The van der Waals surface area contributed by atoms with Crippen LogP contribution in [0.3, 0.4) is 0 Å². The third kappa shape index (κ3) is 1.91. The molecule has 0 amide bonds. The zero-order chi connectivity index (χ0) is 13.7. The predicted octanol–water partition coefficient (Wildman–Crippen LogP) is 1.50. The van der Waals surface area contributed by atoms with Crippen molar-refractivity contribution in [3.63, 3.8) is 0 Å². The maximum atomic E-state index is 13.8. The molecule has 1 saturated carbocycles. The van der Waals surface area contributed by atoms with Crippen LogP contribution < -0.4 is 5.73 Å². The molecule has 0 saturated heterocycles. The van der Waals surface area contributed by atoms with Crippen molar-refractivity contribution in [1.82, 2.24) is 0 Å². The molecule has 1 aliphatic rings. The highest BCUT2D eigenvalue weighted by atomic mass is 32.2. The molecule has 0 bridgehead atoms. The monoisotopic (exact) mass is 279 g/mol. The SMILES string of the molecule is CS(=O)(=O)c1c(F)cc(C2(CN)CC2)c(F)c1F. The summed E-state index contributed by atoms with van der Waals surface area (Å²) in [6.07, 6.45) is 1.71. The van der Waals surface area contributed by atoms with Crippen LogP contribution in [0.15, 0.2) is 11.0 Å². The molecular weight excluding hydrogens is 267 g/mol. The summed E-state index contributed by atoms with van der Waals surface area (Å²) in [5.74, 6) is -4.25. The van der Waals surface area contributed by atoms with E-state index >= 15 is 0 Å². The van der Waals surface area contributed by atoms with Gasteiger partial charge in [-0.15, -0.1) is 0 Å². The Labute approximate surface area is 103 Å². The summed E-state index contributed by atoms with van der Waals surface area (Å²) in [6, 6.07) is 0.745. The van der Waals surface area contributed by atoms with Crippen molar-refractivity contribution in [3.05, 3.63) is 29.1 Å². The summed E-state index contributed by atoms with van der Waals surface area (Å²) in [6.45, 7) is 0.0705. The molecule has 3 nitrogen and oxygen atoms in total. The first-order chi connectivity index (χ1) is 8.23. The van der Waals surface area contributed by atoms with Gasteiger partial charge in [0.2, 0.25) is 0 Å². The molecule has 2 N–H and O–H groups in total. The van der Waals surface area contributed by atoms with Gasteiger partial charge in [-0.05, 0) is 18.9 Å². The molecule has 0 atom stereocenters. The zero-order valence-corrected chi connectivity index (χ0v) is 10.5. The van der Waals surface area contributed by atoms with Crippen LogP contribution >= 0.6 is 0 Å². The number of sulfone groups is 1. The van der Waals surface area contributed by atoms with E-state index in [0.717, 1.165) is 6.07 Å². The average Bonchev–Trinajstić information content (AvgIpc) is 3.02. The summed E-state index contributed by atoms with van der Waals surface area (Å²) in [5.41, 5.74) is 4.54. The first-order valence-corrected chi connectivity index (χ1v) is 7.20. The molecule has 0 aliphatic heterocycles. The van der Waals surface area contributed by atoms with Gasteiger partial charge in [0.1, 0.15) is 10.7 Å². The molecule has 1 aromatic rings. The second-order valence-electron chi connectivity index (χ2n) is 4.62. The van der Waals surface area contributed by atoms with Crippen LogP contribution in [0.4, 0.5) is 13.2 Å². The van der Waals surface area contributed by atoms with Gasteiger partial charge in [-0.1, -0.05) is 0 Å². The lowest BCUT2D eigenvalue weighted by molar-refractivity contribution is 0.441. The van der Waals surface area contributed by atoms with Crippen LogP contribution in [0.2, 0.25) is 0 Å². The van der Waals surface area contributed by atoms with Gasteiger partial charge >= 0.3 is 0 Å². The van der Waals surface area contributed by atoms with Crippen LogP contribution in [-0.2, 0) is 15.3 Å². The van der Waals surface area contributed by atoms with Crippen molar-refractivity contribution in [3.8, 4) is 0 Å². The molecule has 1 aromatic carbocycles. The van der Waals surface area contributed by atoms with Gasteiger partial charge < -0.3 is 5.73 Å². The predicted molar refractivity (Wildman–Crippen MR) is 59.4 cm³/mol. The van der Waals surface area contributed by atoms with Crippen molar-refractivity contribution in [2.24, 2.45) is 5.73 Å². The highest BCUT2D eigenvalue weighted by Gasteiger charge is 2.46. The second kappa shape index (κ2) is 3.96. The Morgan fingerprint density at radius 3 is 2.22 bits per heavy atom. The molecular formula is C11H12F3NO2S. The summed E-state index contributed by atoms with van der Waals surface area (Å²) in [4.78, 5) is -1.23. The van der Waals surface area contributed by atoms with E-state index in [4.69, 9.17) is 5.73 Å². The molecule has 1 aliphatic carbocycles. The van der Waals surface area contributed by atoms with Gasteiger partial charge in [0.25, 0.3) is 0 Å². The third-order valence-electron chi connectivity index (χ3n) is 3.30. The van der Waals surface area contributed by atoms with Crippen molar-refractivity contribution in [1.29, 1.82) is 0 Å². The number of hydrogen-bond donors (Lipinski definition) is 1. The van der Waals surface area contributed by atoms with Crippen molar-refractivity contribution in [2.75, 3.05) is 12.8 Å². The number of benzene rings is 1. The molecule has 7 heteroatoms. The number of hydrogen-bond acceptors (Lipinski definition) is 3. The lowest BCUT2D eigenvalue weighted by atomic mass is 9.95. The second-order valence-corrected chi connectivity index (χ2v) is 6.57. The van der Waals surface area contributed by atoms with E-state index in [9.17, 15) is 21.6 Å². The van der Waals surface area contributed by atoms with E-state index in [2.05, 4.69) is 0 Å². The minimum absolute atomic E-state index is 0.0705. The van der Waals surface area contributed by atoms with E-state index in [1.165, 1.54) is 0 Å². The summed E-state index contributed by atoms with van der Waals surface area (Å²) < 4.78 is 63.6. The van der Waals surface area contributed by atoms with Crippen molar-refractivity contribution in [2.45, 2.75) is 23.2 Å². The smallest absolute Gasteiger partial charge is 0.181 e. The standard InChI is InChI=1S/C11H12F3NO2S/c1-18(16,17)10-7(12)4-6(8(13)9(10)14)11(5-15)2-3-11/h4H,2-3,5,15H2,1H3. The van der Waals surface area contributed by atoms with Crippen LogP contribution in [0.25, 0.3) is 0 Å². The molecule has 1 fully saturated rings. The number of rotatable bonds is 3. The number of halogens is 3. The molecule has 100 valence electrons. The fraction of sp³-hybridized carbons (Fsp3) is 0.455. The van der Waals surface area contributed by atoms with Crippen molar-refractivity contribution >= 4 is 9.84 Å². The van der Waals surface area contributed by atoms with Crippen LogP contribution in [0.1, 0.15) is 18.4 Å². The van der Waals surface area contributed by atoms with E-state index in [-0.39, 0.29) is 12.1 Å². The Kier molecular flexibility index (Phi) is 2.94. The first-order valence-electron chi connectivity index (χ1n) is 5.31. The highest BCUT2D eigenvalue weighted by Crippen LogP contribution is 2.49. The van der Waals surface area contributed by atoms with E-state index in [1.807, 2.05) is 0 Å². The molecule has 0 aromatic heterocycles. The Hall–Kier alpha value is -1.08. The Bertz CT molecular complexity index is 609. The molecule has 2 rings (SSSR count). The largest absolute Gasteiger partial charge is 0.330 e. The van der Waals surface area contributed by atoms with Gasteiger partial charge in [0, 0.05) is 23.8 Å². The Morgan fingerprint density at radius 1 is 1.28 bits per heavy atom. The topological polar surface area (TPSA) is 60.2 Å². The van der Waals surface area contributed by atoms with E-state index in [0.29, 0.717) is 19.1 Å². The normalized spacial score (nSPS) is 17.8. The average molecular weight is 279 g/mol. The zero-order valence-electron chi connectivity index (χ0n) is 9.63. The highest BCUT2D eigenvalue weighted by molar-refractivity contribution is 7.90. The Balaban J connectivity index is 2.70. The quantitative estimate of drug-likeness (QED) is 0.853. The lowest BCUT2D eigenvalue weighted by Crippen LogP contribution is -2.23. The molecule has 0 radical (unpaired) electrons. The van der Waals surface area contributed by atoms with Gasteiger partial charge in [-0.2, -0.15) is 0 Å². The fourth-order valence-corrected chi connectivity index (χ4v) is 2.87. The molecule has 0 unspecified atom stereocenters. The maximum absolute atomic E-state index is 13.8. The fourth-order valence-electron chi connectivity index (χ4n) is 2.04. The molecule has 18 heavy (non-hydrogen) atoms. The van der Waals surface area contributed by atoms with Crippen LogP contribution in [-0.4, -0.2) is 21.2 Å². The van der Waals surface area contributed by atoms with Crippen molar-refractivity contribution < 1.29 is 21.6 Å². The Morgan fingerprint density at radius 2 is 1.83 bits per heavy atom. The van der Waals surface area contributed by atoms with Gasteiger partial charge in [-0.25, -0.2) is 21.6 Å². The summed E-state index contributed by atoms with van der Waals surface area (Å²) >= 11 is 0. The lowest BCUT2D eigenvalue weighted by Gasteiger charge is -2.16. The summed E-state index contributed by atoms with van der Waals surface area (Å²) in [7, 11) is -4.16. The van der Waals surface area contributed by atoms with E-state index in [1.54, 1.807) is 0 Å². The molecule has 0 spiro atoms.